The van der Waals surface area contributed by atoms with Crippen LogP contribution in [0.25, 0.3) is 5.76 Å². The molecule has 0 aliphatic carbocycles. The molecular weight excluding hydrogens is 436 g/mol. The van der Waals surface area contributed by atoms with E-state index in [9.17, 15) is 19.8 Å². The second kappa shape index (κ2) is 10.6. The Bertz CT molecular complexity index is 1080. The summed E-state index contributed by atoms with van der Waals surface area (Å²) in [5.74, 6) is -1.09. The van der Waals surface area contributed by atoms with E-state index in [1.165, 1.54) is 24.1 Å². The molecule has 0 spiro atoms. The van der Waals surface area contributed by atoms with Crippen LogP contribution in [0.5, 0.6) is 17.2 Å². The minimum atomic E-state index is -0.795. The molecular formula is C26H32N2O6. The summed E-state index contributed by atoms with van der Waals surface area (Å²) >= 11 is 0. The molecule has 1 aliphatic heterocycles. The second-order valence-corrected chi connectivity index (χ2v) is 8.77. The van der Waals surface area contributed by atoms with Crippen molar-refractivity contribution < 1.29 is 29.3 Å². The topological polar surface area (TPSA) is 99.5 Å². The molecule has 34 heavy (non-hydrogen) atoms. The third-order valence-electron chi connectivity index (χ3n) is 5.57. The van der Waals surface area contributed by atoms with Crippen LogP contribution in [0.15, 0.2) is 48.0 Å². The number of ketones is 1. The van der Waals surface area contributed by atoms with Gasteiger partial charge in [0, 0.05) is 12.6 Å². The number of rotatable bonds is 9. The lowest BCUT2D eigenvalue weighted by Gasteiger charge is -2.26. The van der Waals surface area contributed by atoms with E-state index in [0.29, 0.717) is 30.0 Å². The summed E-state index contributed by atoms with van der Waals surface area (Å²) in [6.45, 7) is 4.92. The highest BCUT2D eigenvalue weighted by atomic mass is 16.5. The van der Waals surface area contributed by atoms with E-state index in [1.807, 2.05) is 32.8 Å². The van der Waals surface area contributed by atoms with Gasteiger partial charge in [-0.25, -0.2) is 0 Å². The number of hydrogen-bond donors (Lipinski definition) is 2. The number of carbonyl (C=O) groups is 2. The molecule has 1 saturated heterocycles. The van der Waals surface area contributed by atoms with E-state index < -0.39 is 23.5 Å². The fraction of sp³-hybridized carbons (Fsp3) is 0.385. The number of nitrogens with zero attached hydrogens (tertiary/aromatic N) is 2. The van der Waals surface area contributed by atoms with Crippen LogP contribution in [0.2, 0.25) is 0 Å². The first kappa shape index (κ1) is 25.1. The Kier molecular flexibility index (Phi) is 7.83. The Balaban J connectivity index is 2.09. The van der Waals surface area contributed by atoms with Crippen LogP contribution in [0.4, 0.5) is 0 Å². The highest BCUT2D eigenvalue weighted by Crippen LogP contribution is 2.41. The molecule has 0 saturated carbocycles. The molecule has 1 aliphatic rings. The maximum absolute atomic E-state index is 13.1. The quantitative estimate of drug-likeness (QED) is 0.330. The number of carbonyl (C=O) groups excluding carboxylic acids is 2. The molecule has 2 aromatic carbocycles. The van der Waals surface area contributed by atoms with Gasteiger partial charge in [-0.1, -0.05) is 12.1 Å². The standard InChI is InChI=1S/C26H32N2O6/c1-16(2)34-18-9-7-17(8-10-18)23-22(24(30)20-12-11-19(33-5)15-21(20)29)25(31)26(32)28(23)14-6-13-27(3)4/h7-12,15-16,23,29-30H,6,13-14H2,1-5H3/t23-/m0/s1. The number of benzene rings is 2. The number of aromatic hydroxyl groups is 1. The van der Waals surface area contributed by atoms with Crippen LogP contribution in [0.1, 0.15) is 37.4 Å². The molecule has 182 valence electrons. The Morgan fingerprint density at radius 2 is 1.74 bits per heavy atom. The van der Waals surface area contributed by atoms with Gasteiger partial charge in [-0.2, -0.15) is 0 Å². The number of phenols is 1. The normalized spacial score (nSPS) is 17.6. The van der Waals surface area contributed by atoms with E-state index in [2.05, 4.69) is 0 Å². The Hall–Kier alpha value is -3.52. The summed E-state index contributed by atoms with van der Waals surface area (Å²) in [4.78, 5) is 29.6. The average Bonchev–Trinajstić information content (AvgIpc) is 3.03. The van der Waals surface area contributed by atoms with Crippen molar-refractivity contribution in [3.05, 3.63) is 59.2 Å². The maximum atomic E-state index is 13.1. The molecule has 0 radical (unpaired) electrons. The van der Waals surface area contributed by atoms with Gasteiger partial charge in [-0.05, 0) is 70.7 Å². The van der Waals surface area contributed by atoms with Crippen LogP contribution >= 0.6 is 0 Å². The van der Waals surface area contributed by atoms with E-state index in [0.717, 1.165) is 6.54 Å². The zero-order valence-corrected chi connectivity index (χ0v) is 20.2. The molecule has 1 heterocycles. The monoisotopic (exact) mass is 468 g/mol. The van der Waals surface area contributed by atoms with Gasteiger partial charge in [0.25, 0.3) is 11.7 Å². The molecule has 1 fully saturated rings. The summed E-state index contributed by atoms with van der Waals surface area (Å²) in [5, 5.41) is 21.6. The highest BCUT2D eigenvalue weighted by molar-refractivity contribution is 6.46. The number of aliphatic hydroxyl groups excluding tert-OH is 1. The van der Waals surface area contributed by atoms with Gasteiger partial charge in [0.05, 0.1) is 30.4 Å². The van der Waals surface area contributed by atoms with Crippen molar-refractivity contribution in [3.63, 3.8) is 0 Å². The van der Waals surface area contributed by atoms with Crippen molar-refractivity contribution >= 4 is 17.4 Å². The molecule has 0 aromatic heterocycles. The van der Waals surface area contributed by atoms with Gasteiger partial charge in [0.15, 0.2) is 0 Å². The fourth-order valence-corrected chi connectivity index (χ4v) is 4.00. The van der Waals surface area contributed by atoms with E-state index >= 15 is 0 Å². The van der Waals surface area contributed by atoms with Crippen LogP contribution in [-0.4, -0.2) is 72.1 Å². The minimum Gasteiger partial charge on any atom is -0.507 e. The molecule has 0 unspecified atom stereocenters. The van der Waals surface area contributed by atoms with Crippen molar-refractivity contribution in [2.75, 3.05) is 34.3 Å². The molecule has 1 atom stereocenters. The van der Waals surface area contributed by atoms with Crippen LogP contribution in [-0.2, 0) is 9.59 Å². The van der Waals surface area contributed by atoms with Crippen molar-refractivity contribution in [3.8, 4) is 17.2 Å². The van der Waals surface area contributed by atoms with Gasteiger partial charge in [-0.3, -0.25) is 9.59 Å². The number of methoxy groups -OCH3 is 1. The number of likely N-dealkylation sites (tertiary alicyclic amines) is 1. The molecule has 1 amide bonds. The molecule has 8 nitrogen and oxygen atoms in total. The minimum absolute atomic E-state index is 0.000525. The van der Waals surface area contributed by atoms with Crippen molar-refractivity contribution in [2.24, 2.45) is 0 Å². The summed E-state index contributed by atoms with van der Waals surface area (Å²) < 4.78 is 10.8. The third kappa shape index (κ3) is 5.34. The number of amides is 1. The van der Waals surface area contributed by atoms with Crippen LogP contribution < -0.4 is 9.47 Å². The van der Waals surface area contributed by atoms with Crippen molar-refractivity contribution in [1.82, 2.24) is 9.80 Å². The van der Waals surface area contributed by atoms with Crippen molar-refractivity contribution in [1.29, 1.82) is 0 Å². The van der Waals surface area contributed by atoms with Gasteiger partial charge >= 0.3 is 0 Å². The van der Waals surface area contributed by atoms with Crippen molar-refractivity contribution in [2.45, 2.75) is 32.4 Å². The predicted octanol–water partition coefficient (Wildman–Crippen LogP) is 3.56. The van der Waals surface area contributed by atoms with Gasteiger partial charge < -0.3 is 29.5 Å². The Morgan fingerprint density at radius 1 is 1.09 bits per heavy atom. The number of phenolic OH excluding ortho intramolecular Hbond substituents is 1. The molecule has 0 bridgehead atoms. The van der Waals surface area contributed by atoms with Crippen LogP contribution in [0, 0.1) is 0 Å². The SMILES string of the molecule is COc1ccc(C(O)=C2C(=O)C(=O)N(CCCN(C)C)[C@H]2c2ccc(OC(C)C)cc2)c(O)c1. The first-order valence-corrected chi connectivity index (χ1v) is 11.2. The summed E-state index contributed by atoms with van der Waals surface area (Å²) in [5.41, 5.74) is 0.652. The third-order valence-corrected chi connectivity index (χ3v) is 5.57. The van der Waals surface area contributed by atoms with E-state index in [-0.39, 0.29) is 23.0 Å². The number of aliphatic hydroxyl groups is 1. The van der Waals surface area contributed by atoms with E-state index in [1.54, 1.807) is 30.3 Å². The van der Waals surface area contributed by atoms with Gasteiger partial charge in [-0.15, -0.1) is 0 Å². The van der Waals surface area contributed by atoms with Gasteiger partial charge in [0.1, 0.15) is 23.0 Å². The summed E-state index contributed by atoms with van der Waals surface area (Å²) in [6.07, 6.45) is 0.652. The maximum Gasteiger partial charge on any atom is 0.295 e. The number of hydrogen-bond acceptors (Lipinski definition) is 7. The molecule has 3 rings (SSSR count). The zero-order chi connectivity index (χ0) is 25.0. The Labute approximate surface area is 200 Å². The smallest absolute Gasteiger partial charge is 0.295 e. The zero-order valence-electron chi connectivity index (χ0n) is 20.2. The fourth-order valence-electron chi connectivity index (χ4n) is 4.00. The predicted molar refractivity (Wildman–Crippen MR) is 129 cm³/mol. The first-order chi connectivity index (χ1) is 16.1. The molecule has 2 aromatic rings. The van der Waals surface area contributed by atoms with Crippen LogP contribution in [0.3, 0.4) is 0 Å². The molecule has 2 N–H and O–H groups in total. The van der Waals surface area contributed by atoms with Gasteiger partial charge in [0.2, 0.25) is 0 Å². The number of ether oxygens (including phenoxy) is 2. The lowest BCUT2D eigenvalue weighted by Crippen LogP contribution is -2.32. The number of Topliss-reactive ketones (excluding diaryl/α,β-unsaturated/α-hetero) is 1. The van der Waals surface area contributed by atoms with E-state index in [4.69, 9.17) is 9.47 Å². The summed E-state index contributed by atoms with van der Waals surface area (Å²) in [7, 11) is 5.33. The largest absolute Gasteiger partial charge is 0.507 e. The second-order valence-electron chi connectivity index (χ2n) is 8.77. The summed E-state index contributed by atoms with van der Waals surface area (Å²) in [6, 6.07) is 10.7. The average molecular weight is 469 g/mol. The Morgan fingerprint density at radius 3 is 2.29 bits per heavy atom. The molecule has 8 heteroatoms. The lowest BCUT2D eigenvalue weighted by atomic mass is 9.95. The highest BCUT2D eigenvalue weighted by Gasteiger charge is 2.46. The lowest BCUT2D eigenvalue weighted by molar-refractivity contribution is -0.139. The first-order valence-electron chi connectivity index (χ1n) is 11.2.